The van der Waals surface area contributed by atoms with E-state index in [1.807, 2.05) is 0 Å². The Labute approximate surface area is 444 Å². The van der Waals surface area contributed by atoms with Gasteiger partial charge in [0.2, 0.25) is 0 Å². The van der Waals surface area contributed by atoms with Gasteiger partial charge in [-0.2, -0.15) is 0 Å². The lowest BCUT2D eigenvalue weighted by atomic mass is 9.62. The summed E-state index contributed by atoms with van der Waals surface area (Å²) in [5.41, 5.74) is 22.9. The Morgan fingerprint density at radius 3 is 1.49 bits per heavy atom. The van der Waals surface area contributed by atoms with Crippen LogP contribution in [0.5, 0.6) is 0 Å². The minimum atomic E-state index is -0.815. The summed E-state index contributed by atoms with van der Waals surface area (Å²) in [4.78, 5) is 7.15. The highest BCUT2D eigenvalue weighted by Crippen LogP contribution is 2.58. The molecule has 10 aromatic carbocycles. The van der Waals surface area contributed by atoms with Crippen LogP contribution in [-0.2, 0) is 5.41 Å². The molecule has 0 amide bonds. The average molecular weight is 968 g/mol. The zero-order chi connectivity index (χ0) is 51.5. The van der Waals surface area contributed by atoms with E-state index in [0.717, 1.165) is 67.9 Å². The zero-order valence-corrected chi connectivity index (χ0v) is 43.5. The van der Waals surface area contributed by atoms with Crippen molar-refractivity contribution < 1.29 is 0 Å². The van der Waals surface area contributed by atoms with E-state index in [2.05, 4.69) is 316 Å². The van der Waals surface area contributed by atoms with Crippen LogP contribution in [0.2, 0.25) is 0 Å². The summed E-state index contributed by atoms with van der Waals surface area (Å²) < 4.78 is 0. The van der Waals surface area contributed by atoms with Crippen molar-refractivity contribution in [3.05, 3.63) is 324 Å². The Bertz CT molecular complexity index is 3700. The molecule has 11 rings (SSSR count). The highest BCUT2D eigenvalue weighted by molar-refractivity contribution is 5.90. The molecular weight excluding hydrogens is 907 g/mol. The van der Waals surface area contributed by atoms with Crippen molar-refractivity contribution in [1.29, 1.82) is 0 Å². The minimum Gasteiger partial charge on any atom is -0.311 e. The van der Waals surface area contributed by atoms with E-state index < -0.39 is 5.41 Å². The Balaban J connectivity index is 1.08. The molecule has 0 saturated heterocycles. The predicted octanol–water partition coefficient (Wildman–Crippen LogP) is 19.7. The molecular formula is C72H61N3. The third kappa shape index (κ3) is 9.30. The molecule has 1 unspecified atom stereocenters. The normalized spacial score (nSPS) is 14.0. The van der Waals surface area contributed by atoms with E-state index in [-0.39, 0.29) is 0 Å². The fraction of sp³-hybridized carbons (Fsp3) is 0.0833. The standard InChI is InChI=1S/C72H61N3/c1-7-61(73(66-24-16-18-52(3)48-66)62-41-32-58(33-42-62)56-20-10-8-11-21-56)40-31-55(6)72(68-26-14-15-27-70(68)75(65-38-28-51(2)29-39-65)71-47-30-54(5)50-69(71)72)60-36-45-64(46-37-60)74(67-25-17-19-53(4)49-67)63-43-34-59(35-44-63)57-22-12-9-13-23-57/h7-50H,6H2,1-5H3/b40-31-,61-7+. The van der Waals surface area contributed by atoms with Gasteiger partial charge in [-0.15, -0.1) is 0 Å². The van der Waals surface area contributed by atoms with E-state index in [1.165, 1.54) is 50.1 Å². The smallest absolute Gasteiger partial charge is 0.0736 e. The lowest BCUT2D eigenvalue weighted by Crippen LogP contribution is -2.38. The number of rotatable bonds is 13. The monoisotopic (exact) mass is 967 g/mol. The lowest BCUT2D eigenvalue weighted by Gasteiger charge is -2.47. The van der Waals surface area contributed by atoms with Crippen LogP contribution in [0.15, 0.2) is 285 Å². The second-order valence-electron chi connectivity index (χ2n) is 19.8. The quantitative estimate of drug-likeness (QED) is 0.107. The van der Waals surface area contributed by atoms with Crippen LogP contribution in [0, 0.1) is 27.7 Å². The van der Waals surface area contributed by atoms with Gasteiger partial charge in [0, 0.05) is 39.8 Å². The van der Waals surface area contributed by atoms with Crippen molar-refractivity contribution in [2.75, 3.05) is 14.7 Å². The molecule has 0 saturated carbocycles. The van der Waals surface area contributed by atoms with Gasteiger partial charge >= 0.3 is 0 Å². The van der Waals surface area contributed by atoms with Gasteiger partial charge in [0.15, 0.2) is 0 Å². The van der Waals surface area contributed by atoms with Crippen LogP contribution in [0.1, 0.15) is 45.9 Å². The molecule has 10 aromatic rings. The molecule has 364 valence electrons. The van der Waals surface area contributed by atoms with E-state index in [9.17, 15) is 0 Å². The maximum atomic E-state index is 5.17. The summed E-state index contributed by atoms with van der Waals surface area (Å²) in [5.74, 6) is 0. The summed E-state index contributed by atoms with van der Waals surface area (Å²) in [5, 5.41) is 0. The van der Waals surface area contributed by atoms with Gasteiger partial charge in [0.25, 0.3) is 0 Å². The maximum Gasteiger partial charge on any atom is 0.0736 e. The third-order valence-corrected chi connectivity index (χ3v) is 14.7. The first-order chi connectivity index (χ1) is 36.7. The van der Waals surface area contributed by atoms with Gasteiger partial charge in [-0.25, -0.2) is 0 Å². The zero-order valence-electron chi connectivity index (χ0n) is 43.5. The van der Waals surface area contributed by atoms with Crippen LogP contribution >= 0.6 is 0 Å². The number of allylic oxidation sites excluding steroid dienone is 4. The number of fused-ring (bicyclic) bond motifs is 2. The SMILES string of the molecule is C=C(/C=C\C(=C/C)N(c1ccc(-c2ccccc2)cc1)c1cccc(C)c1)C1(c2ccc(N(c3ccc(-c4ccccc4)cc3)c3cccc(C)c3)cc2)c2ccccc2N(c2ccc(C)cc2)c2ccc(C)cc21. The second-order valence-corrected chi connectivity index (χ2v) is 19.8. The summed E-state index contributed by atoms with van der Waals surface area (Å²) in [7, 11) is 0. The van der Waals surface area contributed by atoms with Crippen molar-refractivity contribution in [2.24, 2.45) is 0 Å². The van der Waals surface area contributed by atoms with Crippen molar-refractivity contribution >= 4 is 45.5 Å². The molecule has 0 radical (unpaired) electrons. The third-order valence-electron chi connectivity index (χ3n) is 14.7. The first-order valence-electron chi connectivity index (χ1n) is 26.0. The molecule has 75 heavy (non-hydrogen) atoms. The van der Waals surface area contributed by atoms with Gasteiger partial charge in [0.05, 0.1) is 16.8 Å². The average Bonchev–Trinajstić information content (AvgIpc) is 3.46. The maximum absolute atomic E-state index is 5.17. The van der Waals surface area contributed by atoms with E-state index in [4.69, 9.17) is 6.58 Å². The molecule has 0 spiro atoms. The summed E-state index contributed by atoms with van der Waals surface area (Å²) in [6.07, 6.45) is 6.73. The van der Waals surface area contributed by atoms with Gasteiger partial charge in [-0.05, 0) is 181 Å². The van der Waals surface area contributed by atoms with Crippen LogP contribution in [0.3, 0.4) is 0 Å². The van der Waals surface area contributed by atoms with Crippen LogP contribution in [0.4, 0.5) is 45.5 Å². The summed E-state index contributed by atoms with van der Waals surface area (Å²) in [6.45, 7) is 16.0. The summed E-state index contributed by atoms with van der Waals surface area (Å²) >= 11 is 0. The molecule has 0 aromatic heterocycles. The number of hydrogen-bond donors (Lipinski definition) is 0. The number of nitrogens with zero attached hydrogens (tertiary/aromatic N) is 3. The molecule has 0 fully saturated rings. The Hall–Kier alpha value is -9.18. The van der Waals surface area contributed by atoms with Crippen LogP contribution in [0.25, 0.3) is 22.3 Å². The van der Waals surface area contributed by atoms with Crippen molar-refractivity contribution in [2.45, 2.75) is 40.0 Å². The van der Waals surface area contributed by atoms with Gasteiger partial charge in [-0.1, -0.05) is 194 Å². The Kier molecular flexibility index (Phi) is 13.3. The summed E-state index contributed by atoms with van der Waals surface area (Å²) in [6, 6.07) is 90.5. The van der Waals surface area contributed by atoms with Crippen molar-refractivity contribution in [3.63, 3.8) is 0 Å². The highest BCUT2D eigenvalue weighted by atomic mass is 15.2. The molecule has 1 aliphatic heterocycles. The van der Waals surface area contributed by atoms with Crippen molar-refractivity contribution in [1.82, 2.24) is 0 Å². The van der Waals surface area contributed by atoms with Gasteiger partial charge in [0.1, 0.15) is 0 Å². The van der Waals surface area contributed by atoms with Crippen LogP contribution in [-0.4, -0.2) is 0 Å². The number of benzene rings is 10. The Morgan fingerprint density at radius 1 is 0.400 bits per heavy atom. The van der Waals surface area contributed by atoms with Crippen LogP contribution < -0.4 is 14.7 Å². The molecule has 0 aliphatic carbocycles. The minimum absolute atomic E-state index is 0.815. The Morgan fingerprint density at radius 2 is 0.893 bits per heavy atom. The fourth-order valence-electron chi connectivity index (χ4n) is 11.0. The molecule has 1 heterocycles. The van der Waals surface area contributed by atoms with Crippen molar-refractivity contribution in [3.8, 4) is 22.3 Å². The van der Waals surface area contributed by atoms with E-state index in [1.54, 1.807) is 0 Å². The first kappa shape index (κ1) is 48.1. The number of anilines is 8. The fourth-order valence-corrected chi connectivity index (χ4v) is 11.0. The van der Waals surface area contributed by atoms with Gasteiger partial charge < -0.3 is 14.7 Å². The number of para-hydroxylation sites is 1. The predicted molar refractivity (Wildman–Crippen MR) is 319 cm³/mol. The highest BCUT2D eigenvalue weighted by Gasteiger charge is 2.46. The second kappa shape index (κ2) is 20.7. The topological polar surface area (TPSA) is 9.72 Å². The molecule has 1 atom stereocenters. The van der Waals surface area contributed by atoms with Gasteiger partial charge in [-0.3, -0.25) is 0 Å². The number of aryl methyl sites for hydroxylation is 4. The lowest BCUT2D eigenvalue weighted by molar-refractivity contribution is 0.731. The van der Waals surface area contributed by atoms with E-state index >= 15 is 0 Å². The molecule has 3 heteroatoms. The number of hydrogen-bond acceptors (Lipinski definition) is 3. The molecule has 0 N–H and O–H groups in total. The van der Waals surface area contributed by atoms with E-state index in [0.29, 0.717) is 0 Å². The largest absolute Gasteiger partial charge is 0.311 e. The molecule has 3 nitrogen and oxygen atoms in total. The molecule has 0 bridgehead atoms. The molecule has 1 aliphatic rings. The first-order valence-corrected chi connectivity index (χ1v) is 26.0.